The van der Waals surface area contributed by atoms with Crippen molar-refractivity contribution in [3.05, 3.63) is 5.82 Å². The lowest BCUT2D eigenvalue weighted by Crippen LogP contribution is -2.11. The molecule has 6 heteroatoms. The summed E-state index contributed by atoms with van der Waals surface area (Å²) < 4.78 is 0. The zero-order valence-electron chi connectivity index (χ0n) is 9.05. The van der Waals surface area contributed by atoms with Gasteiger partial charge in [-0.1, -0.05) is 20.3 Å². The summed E-state index contributed by atoms with van der Waals surface area (Å²) in [5.74, 6) is 0.331. The van der Waals surface area contributed by atoms with Crippen LogP contribution in [0.15, 0.2) is 0 Å². The number of carbonyl (C=O) groups is 1. The minimum atomic E-state index is -0.957. The van der Waals surface area contributed by atoms with Gasteiger partial charge in [0, 0.05) is 6.42 Å². The van der Waals surface area contributed by atoms with Crippen molar-refractivity contribution in [2.75, 3.05) is 0 Å². The Morgan fingerprint density at radius 2 is 2.27 bits per heavy atom. The third-order valence-electron chi connectivity index (χ3n) is 1.95. The molecule has 0 aliphatic rings. The number of tetrazole rings is 1. The van der Waals surface area contributed by atoms with E-state index < -0.39 is 5.97 Å². The van der Waals surface area contributed by atoms with E-state index in [9.17, 15) is 4.79 Å². The van der Waals surface area contributed by atoms with E-state index in [0.717, 1.165) is 24.1 Å². The molecule has 0 amide bonds. The highest BCUT2D eigenvalue weighted by Gasteiger charge is 2.05. The van der Waals surface area contributed by atoms with Gasteiger partial charge in [-0.3, -0.25) is 4.79 Å². The summed E-state index contributed by atoms with van der Waals surface area (Å²) in [7, 11) is 0. The fourth-order valence-corrected chi connectivity index (χ4v) is 1.23. The van der Waals surface area contributed by atoms with Crippen LogP contribution in [-0.2, 0) is 17.8 Å². The summed E-state index contributed by atoms with van der Waals surface area (Å²) in [6.07, 6.45) is 2.89. The van der Waals surface area contributed by atoms with Crippen LogP contribution in [-0.4, -0.2) is 31.3 Å². The number of aryl methyl sites for hydroxylation is 1. The third-order valence-corrected chi connectivity index (χ3v) is 1.95. The van der Waals surface area contributed by atoms with Gasteiger partial charge in [0.05, 0.1) is 0 Å². The molecule has 84 valence electrons. The van der Waals surface area contributed by atoms with Crippen LogP contribution < -0.4 is 0 Å². The Morgan fingerprint density at radius 3 is 2.87 bits per heavy atom. The summed E-state index contributed by atoms with van der Waals surface area (Å²) in [5.41, 5.74) is 0. The van der Waals surface area contributed by atoms with Crippen molar-refractivity contribution in [1.29, 1.82) is 0 Å². The van der Waals surface area contributed by atoms with Crippen molar-refractivity contribution in [2.24, 2.45) is 5.92 Å². The van der Waals surface area contributed by atoms with E-state index in [2.05, 4.69) is 29.3 Å². The second kappa shape index (κ2) is 5.43. The number of carboxylic acids is 1. The smallest absolute Gasteiger partial charge is 0.327 e. The highest BCUT2D eigenvalue weighted by Crippen LogP contribution is 2.06. The van der Waals surface area contributed by atoms with Crippen LogP contribution in [0.5, 0.6) is 0 Å². The van der Waals surface area contributed by atoms with Crippen LogP contribution in [0.4, 0.5) is 0 Å². The highest BCUT2D eigenvalue weighted by atomic mass is 16.4. The maximum Gasteiger partial charge on any atom is 0.327 e. The predicted octanol–water partition coefficient (Wildman–Crippen LogP) is 0.736. The molecular formula is C9H16N4O2. The molecule has 0 atom stereocenters. The maximum atomic E-state index is 10.4. The van der Waals surface area contributed by atoms with Gasteiger partial charge >= 0.3 is 5.97 Å². The Hall–Kier alpha value is -1.46. The van der Waals surface area contributed by atoms with E-state index in [0.29, 0.717) is 11.7 Å². The second-order valence-electron chi connectivity index (χ2n) is 3.92. The zero-order valence-corrected chi connectivity index (χ0v) is 9.05. The summed E-state index contributed by atoms with van der Waals surface area (Å²) >= 11 is 0. The number of hydrogen-bond donors (Lipinski definition) is 1. The van der Waals surface area contributed by atoms with Gasteiger partial charge in [0.15, 0.2) is 12.4 Å². The number of rotatable bonds is 6. The number of nitrogens with zero attached hydrogens (tertiary/aromatic N) is 4. The number of aromatic nitrogens is 4. The Morgan fingerprint density at radius 1 is 1.53 bits per heavy atom. The van der Waals surface area contributed by atoms with Gasteiger partial charge in [-0.15, -0.1) is 10.2 Å². The molecule has 0 aliphatic carbocycles. The lowest BCUT2D eigenvalue weighted by atomic mass is 10.1. The number of hydrogen-bond acceptors (Lipinski definition) is 4. The molecule has 0 aliphatic heterocycles. The molecular weight excluding hydrogens is 196 g/mol. The van der Waals surface area contributed by atoms with Crippen LogP contribution in [0.2, 0.25) is 0 Å². The molecule has 0 aromatic carbocycles. The quantitative estimate of drug-likeness (QED) is 0.752. The van der Waals surface area contributed by atoms with Gasteiger partial charge in [-0.25, -0.2) is 0 Å². The van der Waals surface area contributed by atoms with E-state index in [4.69, 9.17) is 5.11 Å². The van der Waals surface area contributed by atoms with Crippen molar-refractivity contribution in [1.82, 2.24) is 20.2 Å². The first-order valence-electron chi connectivity index (χ1n) is 5.06. The largest absolute Gasteiger partial charge is 0.480 e. The predicted molar refractivity (Wildman–Crippen MR) is 53.2 cm³/mol. The standard InChI is InChI=1S/C9H16N4O2/c1-7(2)4-3-5-8-10-12-13(11-8)6-9(14)15/h7H,3-6H2,1-2H3,(H,14,15). The van der Waals surface area contributed by atoms with Gasteiger partial charge in [0.25, 0.3) is 0 Å². The molecule has 1 aromatic rings. The van der Waals surface area contributed by atoms with Crippen LogP contribution >= 0.6 is 0 Å². The van der Waals surface area contributed by atoms with Gasteiger partial charge in [0.2, 0.25) is 0 Å². The zero-order chi connectivity index (χ0) is 11.3. The molecule has 15 heavy (non-hydrogen) atoms. The van der Waals surface area contributed by atoms with E-state index in [1.165, 1.54) is 0 Å². The number of carboxylic acid groups (broad SMARTS) is 1. The molecule has 0 fully saturated rings. The topological polar surface area (TPSA) is 80.9 Å². The Labute approximate surface area is 88.3 Å². The van der Waals surface area contributed by atoms with Crippen molar-refractivity contribution in [3.8, 4) is 0 Å². The molecule has 1 heterocycles. The fraction of sp³-hybridized carbons (Fsp3) is 0.778. The lowest BCUT2D eigenvalue weighted by molar-refractivity contribution is -0.138. The summed E-state index contributed by atoms with van der Waals surface area (Å²) in [6.45, 7) is 4.10. The molecule has 0 bridgehead atoms. The van der Waals surface area contributed by atoms with Gasteiger partial charge in [-0.2, -0.15) is 4.80 Å². The SMILES string of the molecule is CC(C)CCCc1nnn(CC(=O)O)n1. The van der Waals surface area contributed by atoms with Gasteiger partial charge in [0.1, 0.15) is 0 Å². The third kappa shape index (κ3) is 4.53. The molecule has 0 spiro atoms. The van der Waals surface area contributed by atoms with Crippen molar-refractivity contribution < 1.29 is 9.90 Å². The molecule has 0 saturated heterocycles. The summed E-state index contributed by atoms with van der Waals surface area (Å²) in [6, 6.07) is 0. The molecule has 0 unspecified atom stereocenters. The lowest BCUT2D eigenvalue weighted by Gasteiger charge is -2.00. The Bertz CT molecular complexity index is 322. The first kappa shape index (κ1) is 11.6. The number of aliphatic carboxylic acids is 1. The normalized spacial score (nSPS) is 10.9. The van der Waals surface area contributed by atoms with Crippen LogP contribution in [0.3, 0.4) is 0 Å². The molecule has 0 radical (unpaired) electrons. The first-order valence-corrected chi connectivity index (χ1v) is 5.06. The maximum absolute atomic E-state index is 10.4. The molecule has 0 saturated carbocycles. The van der Waals surface area contributed by atoms with Crippen molar-refractivity contribution in [3.63, 3.8) is 0 Å². The van der Waals surface area contributed by atoms with Gasteiger partial charge in [-0.05, 0) is 17.6 Å². The minimum Gasteiger partial charge on any atom is -0.480 e. The second-order valence-corrected chi connectivity index (χ2v) is 3.92. The van der Waals surface area contributed by atoms with Crippen LogP contribution in [0, 0.1) is 5.92 Å². The minimum absolute atomic E-state index is 0.225. The van der Waals surface area contributed by atoms with E-state index >= 15 is 0 Å². The fourth-order valence-electron chi connectivity index (χ4n) is 1.23. The van der Waals surface area contributed by atoms with Crippen LogP contribution in [0.1, 0.15) is 32.5 Å². The highest BCUT2D eigenvalue weighted by molar-refractivity contribution is 5.66. The first-order chi connectivity index (χ1) is 7.08. The molecule has 1 N–H and O–H groups in total. The average Bonchev–Trinajstić information content (AvgIpc) is 2.50. The Kier molecular flexibility index (Phi) is 4.20. The summed E-state index contributed by atoms with van der Waals surface area (Å²) in [4.78, 5) is 11.5. The van der Waals surface area contributed by atoms with Crippen molar-refractivity contribution >= 4 is 5.97 Å². The van der Waals surface area contributed by atoms with E-state index in [1.807, 2.05) is 0 Å². The Balaban J connectivity index is 2.36. The average molecular weight is 212 g/mol. The molecule has 1 rings (SSSR count). The van der Waals surface area contributed by atoms with E-state index in [-0.39, 0.29) is 6.54 Å². The van der Waals surface area contributed by atoms with Gasteiger partial charge < -0.3 is 5.11 Å². The monoisotopic (exact) mass is 212 g/mol. The molecule has 1 aromatic heterocycles. The van der Waals surface area contributed by atoms with Crippen molar-refractivity contribution in [2.45, 2.75) is 39.7 Å². The van der Waals surface area contributed by atoms with E-state index in [1.54, 1.807) is 0 Å². The van der Waals surface area contributed by atoms with Crippen LogP contribution in [0.25, 0.3) is 0 Å². The molecule has 6 nitrogen and oxygen atoms in total. The summed E-state index contributed by atoms with van der Waals surface area (Å²) in [5, 5.41) is 19.9.